The van der Waals surface area contributed by atoms with Crippen LogP contribution in [0.1, 0.15) is 26.7 Å². The molecule has 0 bridgehead atoms. The molecule has 0 aliphatic heterocycles. The van der Waals surface area contributed by atoms with Gasteiger partial charge in [-0.05, 0) is 13.0 Å². The number of allylic oxidation sites excluding steroid dienone is 1. The van der Waals surface area contributed by atoms with Gasteiger partial charge in [0.15, 0.2) is 6.04 Å². The minimum atomic E-state index is -0.465. The number of carbonyl (C=O) groups excluding carboxylic acids is 1. The molecule has 0 heterocycles. The Balaban J connectivity index is 4.67. The molecule has 2 atom stereocenters. The van der Waals surface area contributed by atoms with E-state index >= 15 is 0 Å². The van der Waals surface area contributed by atoms with Gasteiger partial charge >= 0.3 is 0 Å². The van der Waals surface area contributed by atoms with E-state index in [1.165, 1.54) is 0 Å². The van der Waals surface area contributed by atoms with Crippen molar-refractivity contribution in [2.45, 2.75) is 32.7 Å². The Kier molecular flexibility index (Phi) is 6.48. The lowest BCUT2D eigenvalue weighted by molar-refractivity contribution is -0.904. The van der Waals surface area contributed by atoms with E-state index in [4.69, 9.17) is 17.4 Å². The number of carbonyl (C=O) groups is 1. The smallest absolute Gasteiger partial charge is 0.278 e. The molecule has 6 N–H and O–H groups in total. The van der Waals surface area contributed by atoms with Crippen LogP contribution in [0.5, 0.6) is 0 Å². The number of quaternary nitrogens is 1. The highest BCUT2D eigenvalue weighted by atomic mass is 16.1. The molecule has 0 aromatic rings. The molecule has 0 aromatic carbocycles. The monoisotopic (exact) mass is 258 g/mol. The van der Waals surface area contributed by atoms with Crippen LogP contribution in [0.15, 0.2) is 12.3 Å². The Bertz CT molecular complexity index is 299. The number of amides is 1. The Morgan fingerprint density at radius 1 is 1.44 bits per heavy atom. The van der Waals surface area contributed by atoms with Crippen LogP contribution in [0.25, 0.3) is 0 Å². The third kappa shape index (κ3) is 4.73. The molecule has 0 spiro atoms. The van der Waals surface area contributed by atoms with Crippen molar-refractivity contribution in [2.75, 3.05) is 20.6 Å². The van der Waals surface area contributed by atoms with Crippen LogP contribution in [-0.4, -0.2) is 42.2 Å². The van der Waals surface area contributed by atoms with Gasteiger partial charge < -0.3 is 5.73 Å². The quantitative estimate of drug-likeness (QED) is 0.322. The Hall–Kier alpha value is -0.950. The zero-order valence-corrected chi connectivity index (χ0v) is 12.0. The average Bonchev–Trinajstić information content (AvgIpc) is 2.14. The second-order valence-corrected chi connectivity index (χ2v) is 5.39. The highest BCUT2D eigenvalue weighted by molar-refractivity contribution is 5.79. The summed E-state index contributed by atoms with van der Waals surface area (Å²) in [6, 6.07) is -0.465. The molecule has 0 aliphatic rings. The first kappa shape index (κ1) is 17.1. The van der Waals surface area contributed by atoms with Gasteiger partial charge in [-0.3, -0.25) is 15.6 Å². The van der Waals surface area contributed by atoms with Gasteiger partial charge in [0.25, 0.3) is 5.91 Å². The first-order chi connectivity index (χ1) is 8.10. The maximum Gasteiger partial charge on any atom is 0.278 e. The summed E-state index contributed by atoms with van der Waals surface area (Å²) in [4.78, 5) is 11.5. The third-order valence-corrected chi connectivity index (χ3v) is 3.16. The maximum absolute atomic E-state index is 11.5. The third-order valence-electron chi connectivity index (χ3n) is 3.16. The van der Waals surface area contributed by atoms with Crippen LogP contribution < -0.4 is 17.4 Å². The topological polar surface area (TPSA) is 98.4 Å². The fourth-order valence-electron chi connectivity index (χ4n) is 2.18. The van der Waals surface area contributed by atoms with Crippen molar-refractivity contribution in [3.63, 3.8) is 0 Å². The highest BCUT2D eigenvalue weighted by Gasteiger charge is 2.39. The molecule has 0 saturated heterocycles. The number of rotatable bonds is 8. The number of primary amides is 1. The highest BCUT2D eigenvalue weighted by Crippen LogP contribution is 2.22. The van der Waals surface area contributed by atoms with Crippen molar-refractivity contribution in [1.29, 1.82) is 0 Å². The second-order valence-electron chi connectivity index (χ2n) is 5.39. The molecule has 6 nitrogen and oxygen atoms in total. The zero-order valence-electron chi connectivity index (χ0n) is 12.0. The maximum atomic E-state index is 11.5. The van der Waals surface area contributed by atoms with E-state index in [0.717, 1.165) is 18.7 Å². The van der Waals surface area contributed by atoms with Crippen LogP contribution in [0.3, 0.4) is 0 Å². The summed E-state index contributed by atoms with van der Waals surface area (Å²) in [7, 11) is 3.57. The summed E-state index contributed by atoms with van der Waals surface area (Å²) in [6.07, 6.45) is 1.56. The molecule has 18 heavy (non-hydrogen) atoms. The fourth-order valence-corrected chi connectivity index (χ4v) is 2.18. The lowest BCUT2D eigenvalue weighted by atomic mass is 10.00. The molecule has 1 amide bonds. The Morgan fingerprint density at radius 3 is 2.28 bits per heavy atom. The number of hydrogen-bond donors (Lipinski definition) is 3. The van der Waals surface area contributed by atoms with Crippen LogP contribution in [0, 0.1) is 5.92 Å². The van der Waals surface area contributed by atoms with Crippen molar-refractivity contribution in [2.24, 2.45) is 23.3 Å². The first-order valence-corrected chi connectivity index (χ1v) is 6.19. The van der Waals surface area contributed by atoms with Crippen LogP contribution in [0.2, 0.25) is 0 Å². The predicted octanol–water partition coefficient (Wildman–Crippen LogP) is -0.0840. The van der Waals surface area contributed by atoms with Crippen molar-refractivity contribution >= 4 is 5.91 Å². The molecule has 0 rings (SSSR count). The van der Waals surface area contributed by atoms with Gasteiger partial charge in [0.05, 0.1) is 7.05 Å². The van der Waals surface area contributed by atoms with E-state index in [2.05, 4.69) is 6.58 Å². The summed E-state index contributed by atoms with van der Waals surface area (Å²) in [5, 5.41) is 1.61. The van der Waals surface area contributed by atoms with Gasteiger partial charge in [0.2, 0.25) is 0 Å². The second kappa shape index (κ2) is 6.84. The molecule has 106 valence electrons. The molecule has 2 unspecified atom stereocenters. The fraction of sp³-hybridized carbons (Fsp3) is 0.750. The minimum Gasteiger partial charge on any atom is -0.364 e. The predicted molar refractivity (Wildman–Crippen MR) is 73.4 cm³/mol. The van der Waals surface area contributed by atoms with E-state index in [1.54, 1.807) is 19.1 Å². The summed E-state index contributed by atoms with van der Waals surface area (Å²) < 4.78 is -0.0543. The number of likely N-dealkylation sites (N-methyl/N-ethyl adjacent to an activating group) is 1. The van der Waals surface area contributed by atoms with Gasteiger partial charge in [-0.25, -0.2) is 4.59 Å². The zero-order chi connectivity index (χ0) is 14.5. The molecule has 0 saturated carbocycles. The van der Waals surface area contributed by atoms with E-state index in [-0.39, 0.29) is 10.5 Å². The van der Waals surface area contributed by atoms with Gasteiger partial charge in [-0.15, -0.1) is 0 Å². The summed E-state index contributed by atoms with van der Waals surface area (Å²) in [5.41, 5.74) is 6.22. The van der Waals surface area contributed by atoms with Crippen LogP contribution >= 0.6 is 0 Å². The van der Waals surface area contributed by atoms with Crippen LogP contribution in [0.4, 0.5) is 0 Å². The Labute approximate surface area is 110 Å². The molecule has 0 aliphatic carbocycles. The molecule has 0 fully saturated rings. The number of nitrogens with zero attached hydrogens (tertiary/aromatic N) is 2. The summed E-state index contributed by atoms with van der Waals surface area (Å²) >= 11 is 0. The minimum absolute atomic E-state index is 0.0543. The van der Waals surface area contributed by atoms with E-state index in [0.29, 0.717) is 6.42 Å². The summed E-state index contributed by atoms with van der Waals surface area (Å²) in [6.45, 7) is 8.60. The van der Waals surface area contributed by atoms with E-state index < -0.39 is 11.9 Å². The van der Waals surface area contributed by atoms with Gasteiger partial charge in [0, 0.05) is 25.9 Å². The SMILES string of the molecule is C=C(CCCN(C)N)[N+](C)(N)C(C(N)=O)C(C)C. The number of hydrogen-bond acceptors (Lipinski definition) is 4. The van der Waals surface area contributed by atoms with Gasteiger partial charge in [-0.1, -0.05) is 13.8 Å². The molecular weight excluding hydrogens is 230 g/mol. The largest absolute Gasteiger partial charge is 0.364 e. The normalized spacial score (nSPS) is 16.7. The Morgan fingerprint density at radius 2 is 1.94 bits per heavy atom. The number of hydrazine groups is 1. The van der Waals surface area contributed by atoms with Gasteiger partial charge in [0.1, 0.15) is 5.70 Å². The molecule has 6 heteroatoms. The lowest BCUT2D eigenvalue weighted by Gasteiger charge is -2.37. The van der Waals surface area contributed by atoms with E-state index in [1.807, 2.05) is 13.8 Å². The van der Waals surface area contributed by atoms with Crippen molar-refractivity contribution < 1.29 is 9.39 Å². The number of nitrogens with two attached hydrogens (primary N) is 3. The summed E-state index contributed by atoms with van der Waals surface area (Å²) in [5.74, 6) is 11.4. The van der Waals surface area contributed by atoms with Crippen molar-refractivity contribution in [3.05, 3.63) is 12.3 Å². The van der Waals surface area contributed by atoms with Crippen molar-refractivity contribution in [3.8, 4) is 0 Å². The molecule has 0 radical (unpaired) electrons. The van der Waals surface area contributed by atoms with Crippen LogP contribution in [-0.2, 0) is 4.79 Å². The average molecular weight is 258 g/mol. The van der Waals surface area contributed by atoms with Crippen molar-refractivity contribution in [1.82, 2.24) is 5.01 Å². The van der Waals surface area contributed by atoms with Gasteiger partial charge in [-0.2, -0.15) is 5.84 Å². The first-order valence-electron chi connectivity index (χ1n) is 6.19. The molecular formula is C12H28N5O+. The lowest BCUT2D eigenvalue weighted by Crippen LogP contribution is -2.63. The van der Waals surface area contributed by atoms with E-state index in [9.17, 15) is 4.79 Å². The molecule has 0 aromatic heterocycles. The standard InChI is InChI=1S/C12H27N5O/c1-9(2)11(12(13)18)17(5,15)10(3)7-6-8-16(4)14/h9,11H,3,6-8,14-15H2,1-2,4-5H3,(H-,13,18)/p+1.